The molecule has 0 saturated heterocycles. The van der Waals surface area contributed by atoms with E-state index in [2.05, 4.69) is 4.72 Å². The van der Waals surface area contributed by atoms with Crippen LogP contribution in [0.25, 0.3) is 6.08 Å². The van der Waals surface area contributed by atoms with Gasteiger partial charge in [0, 0.05) is 11.3 Å². The Hall–Kier alpha value is -2.98. The summed E-state index contributed by atoms with van der Waals surface area (Å²) in [5, 5.41) is 18.8. The summed E-state index contributed by atoms with van der Waals surface area (Å²) in [6.45, 7) is 0. The summed E-state index contributed by atoms with van der Waals surface area (Å²) in [6.07, 6.45) is 1.11. The van der Waals surface area contributed by atoms with Crippen molar-refractivity contribution in [2.75, 3.05) is 11.8 Å². The van der Waals surface area contributed by atoms with E-state index in [1.54, 1.807) is 30.3 Å². The normalized spacial score (nSPS) is 11.6. The number of nitrogens with one attached hydrogen (secondary N) is 1. The largest absolute Gasteiger partial charge is 0.507 e. The Balaban J connectivity index is 2.32. The molecule has 0 unspecified atom stereocenters. The van der Waals surface area contributed by atoms with E-state index >= 15 is 0 Å². The lowest BCUT2D eigenvalue weighted by Crippen LogP contribution is -2.14. The third kappa shape index (κ3) is 4.02. The third-order valence-corrected chi connectivity index (χ3v) is 4.26. The highest BCUT2D eigenvalue weighted by atomic mass is 32.2. The van der Waals surface area contributed by atoms with E-state index in [1.807, 2.05) is 0 Å². The van der Waals surface area contributed by atoms with E-state index in [0.717, 1.165) is 6.08 Å². The van der Waals surface area contributed by atoms with Crippen LogP contribution in [0.5, 0.6) is 11.5 Å². The number of rotatable bonds is 5. The van der Waals surface area contributed by atoms with Crippen LogP contribution in [0.4, 0.5) is 5.69 Å². The Morgan fingerprint density at radius 1 is 1.22 bits per heavy atom. The Morgan fingerprint density at radius 2 is 1.87 bits per heavy atom. The molecule has 0 radical (unpaired) electrons. The lowest BCUT2D eigenvalue weighted by molar-refractivity contribution is 0.415. The topological polar surface area (TPSA) is 99.4 Å². The number of benzene rings is 2. The monoisotopic (exact) mass is 330 g/mol. The molecule has 118 valence electrons. The highest BCUT2D eigenvalue weighted by molar-refractivity contribution is 7.96. The minimum atomic E-state index is -4.06. The van der Waals surface area contributed by atoms with Crippen LogP contribution in [0.2, 0.25) is 0 Å². The van der Waals surface area contributed by atoms with E-state index in [-0.39, 0.29) is 11.3 Å². The number of methoxy groups -OCH3 is 1. The zero-order valence-electron chi connectivity index (χ0n) is 12.2. The summed E-state index contributed by atoms with van der Waals surface area (Å²) in [5.41, 5.74) is 0.536. The van der Waals surface area contributed by atoms with Crippen LogP contribution in [-0.4, -0.2) is 20.6 Å². The highest BCUT2D eigenvalue weighted by Gasteiger charge is 2.18. The molecular formula is C16H14N2O4S. The van der Waals surface area contributed by atoms with Gasteiger partial charge in [-0.1, -0.05) is 18.2 Å². The lowest BCUT2D eigenvalue weighted by Gasteiger charge is -2.08. The third-order valence-electron chi connectivity index (χ3n) is 2.97. The molecule has 0 saturated carbocycles. The highest BCUT2D eigenvalue weighted by Crippen LogP contribution is 2.23. The number of sulfonamides is 1. The van der Waals surface area contributed by atoms with Crippen molar-refractivity contribution in [2.45, 2.75) is 0 Å². The SMILES string of the molecule is COc1ccc(NS(=O)(=O)/C(C#N)=C\c2ccccc2O)cc1. The summed E-state index contributed by atoms with van der Waals surface area (Å²) in [7, 11) is -2.56. The van der Waals surface area contributed by atoms with E-state index < -0.39 is 14.9 Å². The molecule has 0 spiro atoms. The smallest absolute Gasteiger partial charge is 0.272 e. The molecule has 0 amide bonds. The summed E-state index contributed by atoms with van der Waals surface area (Å²) in [6, 6.07) is 14.0. The molecule has 2 aromatic rings. The molecule has 0 fully saturated rings. The number of nitrogens with zero attached hydrogens (tertiary/aromatic N) is 1. The van der Waals surface area contributed by atoms with Crippen molar-refractivity contribution in [1.29, 1.82) is 5.26 Å². The van der Waals surface area contributed by atoms with Gasteiger partial charge in [-0.2, -0.15) is 5.26 Å². The quantitative estimate of drug-likeness (QED) is 0.821. The Kier molecular flexibility index (Phi) is 4.88. The molecule has 0 atom stereocenters. The van der Waals surface area contributed by atoms with Crippen molar-refractivity contribution in [1.82, 2.24) is 0 Å². The van der Waals surface area contributed by atoms with Gasteiger partial charge in [0.05, 0.1) is 7.11 Å². The van der Waals surface area contributed by atoms with Crippen LogP contribution in [0, 0.1) is 11.3 Å². The zero-order chi connectivity index (χ0) is 16.9. The summed E-state index contributed by atoms with van der Waals surface area (Å²) < 4.78 is 31.9. The van der Waals surface area contributed by atoms with E-state index in [0.29, 0.717) is 11.4 Å². The van der Waals surface area contributed by atoms with Crippen LogP contribution < -0.4 is 9.46 Å². The molecule has 0 aliphatic heterocycles. The van der Waals surface area contributed by atoms with Crippen molar-refractivity contribution in [3.8, 4) is 17.6 Å². The van der Waals surface area contributed by atoms with Crippen LogP contribution in [0.15, 0.2) is 53.4 Å². The molecule has 0 aliphatic rings. The van der Waals surface area contributed by atoms with Gasteiger partial charge in [-0.25, -0.2) is 8.42 Å². The molecule has 2 aromatic carbocycles. The first-order valence-electron chi connectivity index (χ1n) is 6.53. The fourth-order valence-corrected chi connectivity index (χ4v) is 2.75. The minimum absolute atomic E-state index is 0.111. The molecular weight excluding hydrogens is 316 g/mol. The van der Waals surface area contributed by atoms with E-state index in [9.17, 15) is 13.5 Å². The first-order valence-corrected chi connectivity index (χ1v) is 8.01. The predicted molar refractivity (Wildman–Crippen MR) is 87.2 cm³/mol. The van der Waals surface area contributed by atoms with Crippen molar-refractivity contribution < 1.29 is 18.3 Å². The van der Waals surface area contributed by atoms with E-state index in [4.69, 9.17) is 10.00 Å². The molecule has 6 nitrogen and oxygen atoms in total. The minimum Gasteiger partial charge on any atom is -0.507 e. The second-order valence-electron chi connectivity index (χ2n) is 4.51. The summed E-state index contributed by atoms with van der Waals surface area (Å²) in [4.78, 5) is -0.505. The van der Waals surface area contributed by atoms with Gasteiger partial charge in [0.2, 0.25) is 0 Å². The Labute approximate surface area is 134 Å². The van der Waals surface area contributed by atoms with Crippen molar-refractivity contribution >= 4 is 21.8 Å². The maximum atomic E-state index is 12.3. The number of para-hydroxylation sites is 1. The van der Waals surface area contributed by atoms with Gasteiger partial charge in [-0.05, 0) is 36.4 Å². The average molecular weight is 330 g/mol. The molecule has 0 heterocycles. The van der Waals surface area contributed by atoms with Gasteiger partial charge in [0.1, 0.15) is 17.6 Å². The number of nitriles is 1. The van der Waals surface area contributed by atoms with Gasteiger partial charge in [0.25, 0.3) is 10.0 Å². The fraction of sp³-hybridized carbons (Fsp3) is 0.0625. The van der Waals surface area contributed by atoms with Crippen molar-refractivity contribution in [3.05, 3.63) is 59.0 Å². The number of hydrogen-bond donors (Lipinski definition) is 2. The first-order chi connectivity index (χ1) is 11.0. The number of allylic oxidation sites excluding steroid dienone is 1. The van der Waals surface area contributed by atoms with Crippen molar-refractivity contribution in [2.24, 2.45) is 0 Å². The molecule has 0 bridgehead atoms. The second-order valence-corrected chi connectivity index (χ2v) is 6.16. The molecule has 23 heavy (non-hydrogen) atoms. The van der Waals surface area contributed by atoms with E-state index in [1.165, 1.54) is 31.4 Å². The van der Waals surface area contributed by atoms with Crippen molar-refractivity contribution in [3.63, 3.8) is 0 Å². The molecule has 2 N–H and O–H groups in total. The lowest BCUT2D eigenvalue weighted by atomic mass is 10.2. The van der Waals surface area contributed by atoms with Crippen LogP contribution in [0.1, 0.15) is 5.56 Å². The predicted octanol–water partition coefficient (Wildman–Crippen LogP) is 2.71. The van der Waals surface area contributed by atoms with Crippen LogP contribution in [-0.2, 0) is 10.0 Å². The van der Waals surface area contributed by atoms with Gasteiger partial charge >= 0.3 is 0 Å². The summed E-state index contributed by atoms with van der Waals surface area (Å²) >= 11 is 0. The van der Waals surface area contributed by atoms with Crippen LogP contribution in [0.3, 0.4) is 0 Å². The molecule has 2 rings (SSSR count). The zero-order valence-corrected chi connectivity index (χ0v) is 13.0. The van der Waals surface area contributed by atoms with Gasteiger partial charge in [-0.3, -0.25) is 4.72 Å². The van der Waals surface area contributed by atoms with Gasteiger partial charge in [-0.15, -0.1) is 0 Å². The Bertz CT molecular complexity index is 866. The number of phenolic OH excluding ortho intramolecular Hbond substituents is 1. The van der Waals surface area contributed by atoms with Crippen LogP contribution >= 0.6 is 0 Å². The second kappa shape index (κ2) is 6.85. The molecule has 0 aliphatic carbocycles. The number of hydrogen-bond acceptors (Lipinski definition) is 5. The number of ether oxygens (including phenoxy) is 1. The standard InChI is InChI=1S/C16H14N2O4S/c1-22-14-8-6-13(7-9-14)18-23(20,21)15(11-17)10-12-4-2-3-5-16(12)19/h2-10,18-19H,1H3/b15-10-. The van der Waals surface area contributed by atoms with Gasteiger partial charge in [0.15, 0.2) is 4.91 Å². The maximum absolute atomic E-state index is 12.3. The number of anilines is 1. The fourth-order valence-electron chi connectivity index (χ4n) is 1.79. The number of aromatic hydroxyl groups is 1. The maximum Gasteiger partial charge on any atom is 0.272 e. The number of phenols is 1. The van der Waals surface area contributed by atoms with Gasteiger partial charge < -0.3 is 9.84 Å². The Morgan fingerprint density at radius 3 is 2.43 bits per heavy atom. The first kappa shape index (κ1) is 16.4. The summed E-state index contributed by atoms with van der Waals surface area (Å²) in [5.74, 6) is 0.470. The molecule has 0 aromatic heterocycles. The molecule has 7 heteroatoms. The average Bonchev–Trinajstić information content (AvgIpc) is 2.54.